The van der Waals surface area contributed by atoms with Crippen molar-refractivity contribution in [2.45, 2.75) is 39.7 Å². The molecular formula is C29H39NO6-2. The maximum Gasteiger partial charge on any atom is 0.121 e. The molecule has 0 aliphatic heterocycles. The van der Waals surface area contributed by atoms with Crippen LogP contribution >= 0.6 is 0 Å². The molecule has 0 saturated heterocycles. The van der Waals surface area contributed by atoms with E-state index in [2.05, 4.69) is 32.6 Å². The van der Waals surface area contributed by atoms with Crippen molar-refractivity contribution < 1.29 is 29.6 Å². The van der Waals surface area contributed by atoms with E-state index < -0.39 is 17.5 Å². The van der Waals surface area contributed by atoms with Gasteiger partial charge in [0.2, 0.25) is 0 Å². The Labute approximate surface area is 215 Å². The fraction of sp³-hybridized carbons (Fsp3) is 0.448. The molecule has 0 aliphatic carbocycles. The summed E-state index contributed by atoms with van der Waals surface area (Å²) in [5.41, 5.74) is 0.750. The number of aliphatic carboxylic acids is 2. The van der Waals surface area contributed by atoms with E-state index in [1.807, 2.05) is 60.7 Å². The molecule has 198 valence electrons. The number of aliphatic hydroxyl groups is 1. The summed E-state index contributed by atoms with van der Waals surface area (Å²) >= 11 is 0. The average molecular weight is 498 g/mol. The molecule has 1 N–H and O–H groups in total. The molecule has 7 heteroatoms. The molecule has 7 nitrogen and oxygen atoms in total. The van der Waals surface area contributed by atoms with Crippen LogP contribution in [0.1, 0.15) is 45.2 Å². The van der Waals surface area contributed by atoms with E-state index in [0.29, 0.717) is 24.7 Å². The summed E-state index contributed by atoms with van der Waals surface area (Å²) in [7, 11) is 0. The van der Waals surface area contributed by atoms with E-state index in [0.717, 1.165) is 43.8 Å². The molecule has 0 amide bonds. The molecule has 0 heterocycles. The highest BCUT2D eigenvalue weighted by Gasteiger charge is 2.40. The van der Waals surface area contributed by atoms with Gasteiger partial charge in [-0.05, 0) is 48.7 Å². The van der Waals surface area contributed by atoms with Crippen LogP contribution in [0.5, 0.6) is 0 Å². The number of hydrogen-bond acceptors (Lipinski definition) is 7. The Balaban J connectivity index is 0.000000697. The van der Waals surface area contributed by atoms with Gasteiger partial charge in [0.1, 0.15) is 5.60 Å². The van der Waals surface area contributed by atoms with E-state index in [-0.39, 0.29) is 5.92 Å². The molecule has 0 saturated carbocycles. The van der Waals surface area contributed by atoms with Crippen LogP contribution in [-0.4, -0.2) is 54.8 Å². The minimum absolute atomic E-state index is 0.0654. The Kier molecular flexibility index (Phi) is 14.3. The van der Waals surface area contributed by atoms with Gasteiger partial charge < -0.3 is 34.5 Å². The van der Waals surface area contributed by atoms with Crippen molar-refractivity contribution in [2.75, 3.05) is 32.8 Å². The fourth-order valence-electron chi connectivity index (χ4n) is 3.80. The molecule has 1 unspecified atom stereocenters. The second-order valence-electron chi connectivity index (χ2n) is 8.91. The van der Waals surface area contributed by atoms with E-state index in [4.69, 9.17) is 4.74 Å². The van der Waals surface area contributed by atoms with Crippen LogP contribution in [0, 0.1) is 11.8 Å². The zero-order valence-corrected chi connectivity index (χ0v) is 21.8. The minimum Gasteiger partial charge on any atom is -0.545 e. The van der Waals surface area contributed by atoms with Crippen LogP contribution in [0.3, 0.4) is 0 Å². The van der Waals surface area contributed by atoms with Gasteiger partial charge in [-0.1, -0.05) is 88.4 Å². The highest BCUT2D eigenvalue weighted by molar-refractivity contribution is 5.87. The van der Waals surface area contributed by atoms with E-state index in [1.165, 1.54) is 0 Å². The molecule has 0 fully saturated rings. The van der Waals surface area contributed by atoms with Gasteiger partial charge in [-0.2, -0.15) is 0 Å². The van der Waals surface area contributed by atoms with Crippen molar-refractivity contribution in [1.29, 1.82) is 0 Å². The SMILES string of the molecule is CCN(CC)CC(COCCC(C)C)C(O)(c1ccccc1)c1ccccc1.O=C([O-])/C=C/C(=O)[O-]. The normalized spacial score (nSPS) is 12.4. The number of benzene rings is 2. The molecule has 2 aromatic rings. The number of carboxylic acid groups (broad SMARTS) is 2. The lowest BCUT2D eigenvalue weighted by Crippen LogP contribution is -2.45. The second-order valence-corrected chi connectivity index (χ2v) is 8.91. The predicted octanol–water partition coefficient (Wildman–Crippen LogP) is 1.99. The number of carbonyl (C=O) groups excluding carboxylic acids is 2. The molecule has 0 radical (unpaired) electrons. The maximum atomic E-state index is 12.2. The first-order chi connectivity index (χ1) is 17.1. The highest BCUT2D eigenvalue weighted by atomic mass is 16.5. The van der Waals surface area contributed by atoms with Gasteiger partial charge in [0.05, 0.1) is 18.5 Å². The summed E-state index contributed by atoms with van der Waals surface area (Å²) in [6, 6.07) is 20.1. The molecular weight excluding hydrogens is 458 g/mol. The number of carboxylic acids is 2. The van der Waals surface area contributed by atoms with Gasteiger partial charge in [-0.3, -0.25) is 0 Å². The van der Waals surface area contributed by atoms with Crippen LogP contribution in [-0.2, 0) is 19.9 Å². The van der Waals surface area contributed by atoms with Crippen molar-refractivity contribution in [3.63, 3.8) is 0 Å². The Bertz CT molecular complexity index is 854. The van der Waals surface area contributed by atoms with Crippen molar-refractivity contribution in [3.05, 3.63) is 83.9 Å². The lowest BCUT2D eigenvalue weighted by molar-refractivity contribution is -0.301. The van der Waals surface area contributed by atoms with Gasteiger partial charge in [0.15, 0.2) is 0 Å². The predicted molar refractivity (Wildman–Crippen MR) is 137 cm³/mol. The molecule has 1 atom stereocenters. The summed E-state index contributed by atoms with van der Waals surface area (Å²) in [6.07, 6.45) is 1.80. The summed E-state index contributed by atoms with van der Waals surface area (Å²) in [6.45, 7) is 12.7. The lowest BCUT2D eigenvalue weighted by Gasteiger charge is -2.39. The highest BCUT2D eigenvalue weighted by Crippen LogP contribution is 2.37. The molecule has 0 spiro atoms. The van der Waals surface area contributed by atoms with Gasteiger partial charge in [-0.25, -0.2) is 0 Å². The van der Waals surface area contributed by atoms with E-state index in [9.17, 15) is 24.9 Å². The molecule has 0 aromatic heterocycles. The lowest BCUT2D eigenvalue weighted by atomic mass is 9.76. The largest absolute Gasteiger partial charge is 0.545 e. The van der Waals surface area contributed by atoms with Crippen LogP contribution in [0.2, 0.25) is 0 Å². The van der Waals surface area contributed by atoms with Crippen LogP contribution in [0.4, 0.5) is 0 Å². The zero-order valence-electron chi connectivity index (χ0n) is 21.8. The number of rotatable bonds is 14. The summed E-state index contributed by atoms with van der Waals surface area (Å²) in [4.78, 5) is 21.2. The summed E-state index contributed by atoms with van der Waals surface area (Å²) in [5, 5.41) is 31.0. The van der Waals surface area contributed by atoms with Crippen LogP contribution < -0.4 is 10.2 Å². The Hall–Kier alpha value is -3.00. The monoisotopic (exact) mass is 497 g/mol. The van der Waals surface area contributed by atoms with Crippen LogP contribution in [0.15, 0.2) is 72.8 Å². The molecule has 2 rings (SSSR count). The quantitative estimate of drug-likeness (QED) is 0.314. The first-order valence-corrected chi connectivity index (χ1v) is 12.4. The molecule has 0 aliphatic rings. The van der Waals surface area contributed by atoms with Crippen molar-refractivity contribution >= 4 is 11.9 Å². The maximum absolute atomic E-state index is 12.2. The third kappa shape index (κ3) is 10.7. The standard InChI is InChI=1S/C25H37NO2.C4H4O4/c1-5-26(6-2)19-24(20-28-18-17-21(3)4)25(27,22-13-9-7-10-14-22)23-15-11-8-12-16-23;5-3(6)1-2-4(7)8/h7-16,21,24,27H,5-6,17-20H2,1-4H3;1-2H,(H,5,6)(H,7,8)/p-2/b;2-1+. The average Bonchev–Trinajstić information content (AvgIpc) is 2.88. The number of hydrogen-bond donors (Lipinski definition) is 1. The van der Waals surface area contributed by atoms with Crippen LogP contribution in [0.25, 0.3) is 0 Å². The number of nitrogens with zero attached hydrogens (tertiary/aromatic N) is 1. The van der Waals surface area contributed by atoms with Gasteiger partial charge in [-0.15, -0.1) is 0 Å². The number of ether oxygens (including phenoxy) is 1. The van der Waals surface area contributed by atoms with Gasteiger partial charge in [0.25, 0.3) is 0 Å². The van der Waals surface area contributed by atoms with E-state index in [1.54, 1.807) is 0 Å². The molecule has 2 aromatic carbocycles. The zero-order chi connectivity index (χ0) is 27.0. The fourth-order valence-corrected chi connectivity index (χ4v) is 3.80. The van der Waals surface area contributed by atoms with E-state index >= 15 is 0 Å². The first-order valence-electron chi connectivity index (χ1n) is 12.4. The smallest absolute Gasteiger partial charge is 0.121 e. The third-order valence-electron chi connectivity index (χ3n) is 5.91. The third-order valence-corrected chi connectivity index (χ3v) is 5.91. The first kappa shape index (κ1) is 31.0. The second kappa shape index (κ2) is 16.6. The minimum atomic E-state index is -1.55. The summed E-state index contributed by atoms with van der Waals surface area (Å²) in [5.74, 6) is -2.55. The summed E-state index contributed by atoms with van der Waals surface area (Å²) < 4.78 is 6.10. The molecule has 0 bridgehead atoms. The Morgan fingerprint density at radius 2 is 1.36 bits per heavy atom. The number of carbonyl (C=O) groups is 2. The van der Waals surface area contributed by atoms with Crippen molar-refractivity contribution in [1.82, 2.24) is 4.90 Å². The Morgan fingerprint density at radius 3 is 1.72 bits per heavy atom. The molecule has 36 heavy (non-hydrogen) atoms. The Morgan fingerprint density at radius 1 is 0.917 bits per heavy atom. The topological polar surface area (TPSA) is 113 Å². The van der Waals surface area contributed by atoms with Gasteiger partial charge >= 0.3 is 0 Å². The van der Waals surface area contributed by atoms with Gasteiger partial charge in [0, 0.05) is 19.1 Å². The van der Waals surface area contributed by atoms with Crippen molar-refractivity contribution in [3.8, 4) is 0 Å². The van der Waals surface area contributed by atoms with Crippen molar-refractivity contribution in [2.24, 2.45) is 11.8 Å².